The lowest BCUT2D eigenvalue weighted by atomic mass is 9.74. The van der Waals surface area contributed by atoms with Gasteiger partial charge in [0.05, 0.1) is 17.8 Å². The van der Waals surface area contributed by atoms with Crippen LogP contribution in [0.5, 0.6) is 0 Å². The van der Waals surface area contributed by atoms with Crippen LogP contribution in [-0.2, 0) is 4.79 Å². The van der Waals surface area contributed by atoms with Crippen molar-refractivity contribution < 1.29 is 4.79 Å². The number of anilines is 1. The molecule has 2 atom stereocenters. The highest BCUT2D eigenvalue weighted by Gasteiger charge is 2.37. The highest BCUT2D eigenvalue weighted by atomic mass is 16.2. The zero-order valence-corrected chi connectivity index (χ0v) is 12.7. The van der Waals surface area contributed by atoms with Crippen LogP contribution in [0.2, 0.25) is 0 Å². The van der Waals surface area contributed by atoms with Crippen molar-refractivity contribution in [2.75, 3.05) is 5.32 Å². The van der Waals surface area contributed by atoms with E-state index in [-0.39, 0.29) is 11.8 Å². The third kappa shape index (κ3) is 3.01. The van der Waals surface area contributed by atoms with E-state index >= 15 is 0 Å². The van der Waals surface area contributed by atoms with Gasteiger partial charge < -0.3 is 11.1 Å². The Morgan fingerprint density at radius 2 is 2.32 bits per heavy atom. The lowest BCUT2D eigenvalue weighted by molar-refractivity contribution is -0.122. The first-order valence-corrected chi connectivity index (χ1v) is 7.60. The number of aromatic nitrogens is 3. The van der Waals surface area contributed by atoms with Gasteiger partial charge in [0.25, 0.3) is 0 Å². The Morgan fingerprint density at radius 1 is 1.45 bits per heavy atom. The zero-order valence-electron chi connectivity index (χ0n) is 12.7. The van der Waals surface area contributed by atoms with Crippen molar-refractivity contribution in [2.24, 2.45) is 11.7 Å². The molecule has 0 aromatic carbocycles. The van der Waals surface area contributed by atoms with Crippen LogP contribution in [0.4, 0.5) is 5.69 Å². The maximum atomic E-state index is 12.5. The fourth-order valence-corrected chi connectivity index (χ4v) is 3.03. The molecule has 2 heterocycles. The maximum absolute atomic E-state index is 12.5. The van der Waals surface area contributed by atoms with Gasteiger partial charge in [-0.05, 0) is 31.9 Å². The van der Waals surface area contributed by atoms with Gasteiger partial charge in [-0.1, -0.05) is 12.8 Å². The summed E-state index contributed by atoms with van der Waals surface area (Å²) in [7, 11) is 0. The molecule has 1 amide bonds. The normalized spacial score (nSPS) is 24.9. The third-order valence-corrected chi connectivity index (χ3v) is 4.36. The molecular weight excluding hydrogens is 278 g/mol. The molecule has 0 aliphatic heterocycles. The Balaban J connectivity index is 1.69. The Labute approximate surface area is 129 Å². The number of rotatable bonds is 3. The van der Waals surface area contributed by atoms with Crippen LogP contribution in [0.25, 0.3) is 5.82 Å². The number of nitrogens with zero attached hydrogens (tertiary/aromatic N) is 3. The van der Waals surface area contributed by atoms with Crippen LogP contribution in [0.1, 0.15) is 32.6 Å². The first-order valence-electron chi connectivity index (χ1n) is 7.60. The summed E-state index contributed by atoms with van der Waals surface area (Å²) in [6, 6.07) is 3.69. The van der Waals surface area contributed by atoms with Crippen LogP contribution >= 0.6 is 0 Å². The summed E-state index contributed by atoms with van der Waals surface area (Å²) in [5, 5.41) is 2.93. The summed E-state index contributed by atoms with van der Waals surface area (Å²) in [5.41, 5.74) is 6.54. The molecule has 3 rings (SSSR count). The number of carbonyl (C=O) groups excluding carboxylic acids is 1. The van der Waals surface area contributed by atoms with Gasteiger partial charge in [0.15, 0.2) is 0 Å². The molecule has 1 fully saturated rings. The topological polar surface area (TPSA) is 85.8 Å². The number of nitrogens with two attached hydrogens (primary N) is 1. The highest BCUT2D eigenvalue weighted by Crippen LogP contribution is 2.32. The number of carbonyl (C=O) groups is 1. The molecule has 2 aromatic rings. The minimum Gasteiger partial charge on any atom is -0.325 e. The second-order valence-corrected chi connectivity index (χ2v) is 6.17. The predicted molar refractivity (Wildman–Crippen MR) is 84.5 cm³/mol. The van der Waals surface area contributed by atoms with Crippen LogP contribution in [0.3, 0.4) is 0 Å². The Hall–Kier alpha value is -2.21. The Morgan fingerprint density at radius 3 is 2.95 bits per heavy atom. The molecular formula is C16H21N5O. The van der Waals surface area contributed by atoms with E-state index in [1.54, 1.807) is 18.7 Å². The van der Waals surface area contributed by atoms with Gasteiger partial charge in [0.1, 0.15) is 12.1 Å². The second kappa shape index (κ2) is 5.88. The summed E-state index contributed by atoms with van der Waals surface area (Å²) in [6.07, 6.45) is 10.8. The minimum absolute atomic E-state index is 0.0121. The Kier molecular flexibility index (Phi) is 3.94. The van der Waals surface area contributed by atoms with E-state index in [1.165, 1.54) is 0 Å². The lowest BCUT2D eigenvalue weighted by Crippen LogP contribution is -2.51. The van der Waals surface area contributed by atoms with Gasteiger partial charge in [-0.25, -0.2) is 9.97 Å². The van der Waals surface area contributed by atoms with Crippen molar-refractivity contribution in [3.63, 3.8) is 0 Å². The standard InChI is InChI=1S/C16H21N5O/c1-16(17)7-3-2-4-13(16)15(22)20-12-5-6-14(19-10-12)21-9-8-18-11-21/h5-6,8-11,13H,2-4,7,17H2,1H3,(H,20,22). The van der Waals surface area contributed by atoms with E-state index in [2.05, 4.69) is 15.3 Å². The molecule has 6 nitrogen and oxygen atoms in total. The van der Waals surface area contributed by atoms with Gasteiger partial charge >= 0.3 is 0 Å². The fraction of sp³-hybridized carbons (Fsp3) is 0.438. The number of imidazole rings is 1. The first-order chi connectivity index (χ1) is 10.6. The second-order valence-electron chi connectivity index (χ2n) is 6.17. The van der Waals surface area contributed by atoms with E-state index in [1.807, 2.05) is 29.8 Å². The third-order valence-electron chi connectivity index (χ3n) is 4.36. The number of hydrogen-bond acceptors (Lipinski definition) is 4. The average Bonchev–Trinajstić information content (AvgIpc) is 3.01. The highest BCUT2D eigenvalue weighted by molar-refractivity contribution is 5.93. The molecule has 6 heteroatoms. The SMILES string of the molecule is CC1(N)CCCCC1C(=O)Nc1ccc(-n2ccnc2)nc1. The van der Waals surface area contributed by atoms with Gasteiger partial charge in [-0.2, -0.15) is 0 Å². The summed E-state index contributed by atoms with van der Waals surface area (Å²) in [5.74, 6) is 0.605. The van der Waals surface area contributed by atoms with E-state index in [0.29, 0.717) is 5.69 Å². The number of nitrogens with one attached hydrogen (secondary N) is 1. The maximum Gasteiger partial charge on any atom is 0.229 e. The molecule has 22 heavy (non-hydrogen) atoms. The number of hydrogen-bond donors (Lipinski definition) is 2. The zero-order chi connectivity index (χ0) is 15.6. The van der Waals surface area contributed by atoms with Crippen LogP contribution in [0.15, 0.2) is 37.1 Å². The van der Waals surface area contributed by atoms with Gasteiger partial charge in [-0.3, -0.25) is 9.36 Å². The fourth-order valence-electron chi connectivity index (χ4n) is 3.03. The summed E-state index contributed by atoms with van der Waals surface area (Å²) in [6.45, 7) is 1.97. The van der Waals surface area contributed by atoms with Crippen molar-refractivity contribution in [2.45, 2.75) is 38.1 Å². The average molecular weight is 299 g/mol. The molecule has 1 aliphatic rings. The van der Waals surface area contributed by atoms with Crippen LogP contribution < -0.4 is 11.1 Å². The smallest absolute Gasteiger partial charge is 0.229 e. The minimum atomic E-state index is -0.424. The molecule has 0 bridgehead atoms. The van der Waals surface area contributed by atoms with Gasteiger partial charge in [-0.15, -0.1) is 0 Å². The van der Waals surface area contributed by atoms with E-state index in [4.69, 9.17) is 5.73 Å². The molecule has 0 spiro atoms. The van der Waals surface area contributed by atoms with E-state index < -0.39 is 5.54 Å². The largest absolute Gasteiger partial charge is 0.325 e. The molecule has 0 radical (unpaired) electrons. The number of amides is 1. The molecule has 3 N–H and O–H groups in total. The first kappa shape index (κ1) is 14.7. The van der Waals surface area contributed by atoms with E-state index in [0.717, 1.165) is 31.5 Å². The molecule has 0 saturated heterocycles. The van der Waals surface area contributed by atoms with Gasteiger partial charge in [0, 0.05) is 17.9 Å². The lowest BCUT2D eigenvalue weighted by Gasteiger charge is -2.37. The quantitative estimate of drug-likeness (QED) is 0.909. The van der Waals surface area contributed by atoms with E-state index in [9.17, 15) is 4.79 Å². The van der Waals surface area contributed by atoms with Crippen LogP contribution in [-0.4, -0.2) is 26.0 Å². The van der Waals surface area contributed by atoms with Crippen molar-refractivity contribution in [3.05, 3.63) is 37.1 Å². The Bertz CT molecular complexity index is 633. The van der Waals surface area contributed by atoms with Gasteiger partial charge in [0.2, 0.25) is 5.91 Å². The van der Waals surface area contributed by atoms with Crippen molar-refractivity contribution >= 4 is 11.6 Å². The number of pyridine rings is 1. The monoisotopic (exact) mass is 299 g/mol. The van der Waals surface area contributed by atoms with Crippen molar-refractivity contribution in [1.29, 1.82) is 0 Å². The van der Waals surface area contributed by atoms with Crippen LogP contribution in [0, 0.1) is 5.92 Å². The predicted octanol–water partition coefficient (Wildman–Crippen LogP) is 2.11. The molecule has 2 unspecified atom stereocenters. The van der Waals surface area contributed by atoms with Crippen molar-refractivity contribution in [1.82, 2.24) is 14.5 Å². The molecule has 1 saturated carbocycles. The molecule has 116 valence electrons. The summed E-state index contributed by atoms with van der Waals surface area (Å²) in [4.78, 5) is 20.8. The summed E-state index contributed by atoms with van der Waals surface area (Å²) < 4.78 is 1.81. The summed E-state index contributed by atoms with van der Waals surface area (Å²) >= 11 is 0. The molecule has 1 aliphatic carbocycles. The van der Waals surface area contributed by atoms with Crippen molar-refractivity contribution in [3.8, 4) is 5.82 Å². The molecule has 2 aromatic heterocycles.